The van der Waals surface area contributed by atoms with Crippen LogP contribution >= 0.6 is 33.9 Å². The van der Waals surface area contributed by atoms with Crippen molar-refractivity contribution in [1.29, 1.82) is 0 Å². The molecule has 2 aromatic carbocycles. The van der Waals surface area contributed by atoms with Gasteiger partial charge in [-0.25, -0.2) is 9.79 Å². The van der Waals surface area contributed by atoms with Crippen LogP contribution in [0.15, 0.2) is 63.5 Å². The number of fused-ring (bicyclic) bond motifs is 1. The van der Waals surface area contributed by atoms with Crippen molar-refractivity contribution in [3.05, 3.63) is 88.1 Å². The van der Waals surface area contributed by atoms with Crippen LogP contribution in [0.2, 0.25) is 0 Å². The number of nitrogens with zero attached hydrogens (tertiary/aromatic N) is 2. The number of esters is 1. The Kier molecular flexibility index (Phi) is 8.30. The number of hydrogen-bond acceptors (Lipinski definition) is 7. The van der Waals surface area contributed by atoms with Gasteiger partial charge in [0.15, 0.2) is 16.3 Å². The summed E-state index contributed by atoms with van der Waals surface area (Å²) in [4.78, 5) is 31.6. The standard InChI is InChI=1S/C27H27IN2O5S/c1-5-12-35-24-19(28)13-17(14-20(24)34-6-2)15-21-25(31)30-23(18-10-8-7-9-11-18)22(26(32)33-4)16(3)29-27(30)36-21/h7-11,13-15,23H,5-6,12H2,1-4H3. The highest BCUT2D eigenvalue weighted by Crippen LogP contribution is 2.35. The highest BCUT2D eigenvalue weighted by molar-refractivity contribution is 14.1. The molecule has 0 amide bonds. The molecule has 1 aliphatic rings. The second kappa shape index (κ2) is 11.4. The second-order valence-electron chi connectivity index (χ2n) is 8.10. The van der Waals surface area contributed by atoms with Crippen molar-refractivity contribution in [1.82, 2.24) is 4.57 Å². The minimum atomic E-state index is -0.624. The lowest BCUT2D eigenvalue weighted by Gasteiger charge is -2.24. The lowest BCUT2D eigenvalue weighted by atomic mass is 9.96. The Hall–Kier alpha value is -2.92. The van der Waals surface area contributed by atoms with E-state index in [0.717, 1.165) is 21.1 Å². The van der Waals surface area contributed by atoms with E-state index in [-0.39, 0.29) is 5.56 Å². The van der Waals surface area contributed by atoms with Gasteiger partial charge in [0.1, 0.15) is 0 Å². The predicted molar refractivity (Wildman–Crippen MR) is 148 cm³/mol. The van der Waals surface area contributed by atoms with E-state index in [1.54, 1.807) is 11.5 Å². The van der Waals surface area contributed by atoms with Gasteiger partial charge in [-0.15, -0.1) is 0 Å². The topological polar surface area (TPSA) is 79.1 Å². The fourth-order valence-corrected chi connectivity index (χ4v) is 5.90. The number of aromatic nitrogens is 1. The van der Waals surface area contributed by atoms with Gasteiger partial charge in [0.2, 0.25) is 0 Å². The first-order valence-electron chi connectivity index (χ1n) is 11.6. The van der Waals surface area contributed by atoms with Crippen LogP contribution in [-0.2, 0) is 9.53 Å². The van der Waals surface area contributed by atoms with Crippen molar-refractivity contribution < 1.29 is 19.0 Å². The molecule has 0 spiro atoms. The Morgan fingerprint density at radius 1 is 1.19 bits per heavy atom. The van der Waals surface area contributed by atoms with Crippen LogP contribution in [0, 0.1) is 3.57 Å². The molecule has 0 N–H and O–H groups in total. The van der Waals surface area contributed by atoms with Crippen LogP contribution in [-0.4, -0.2) is 30.9 Å². The molecule has 7 nitrogen and oxygen atoms in total. The van der Waals surface area contributed by atoms with Crippen molar-refractivity contribution in [2.75, 3.05) is 20.3 Å². The van der Waals surface area contributed by atoms with E-state index in [4.69, 9.17) is 14.2 Å². The SMILES string of the molecule is CCCOc1c(I)cc(C=c2sc3n(c2=O)C(c2ccccc2)C(C(=O)OC)=C(C)N=3)cc1OCC. The molecule has 1 aromatic heterocycles. The average Bonchev–Trinajstić information content (AvgIpc) is 3.17. The number of carbonyl (C=O) groups is 1. The molecule has 0 fully saturated rings. The molecule has 0 aliphatic carbocycles. The van der Waals surface area contributed by atoms with Crippen molar-refractivity contribution in [3.63, 3.8) is 0 Å². The molecule has 0 saturated carbocycles. The van der Waals surface area contributed by atoms with Crippen LogP contribution < -0.4 is 24.4 Å². The summed E-state index contributed by atoms with van der Waals surface area (Å²) in [7, 11) is 1.33. The van der Waals surface area contributed by atoms with E-state index in [2.05, 4.69) is 34.5 Å². The molecule has 4 rings (SSSR count). The molecule has 9 heteroatoms. The minimum absolute atomic E-state index is 0.221. The second-order valence-corrected chi connectivity index (χ2v) is 10.3. The number of rotatable bonds is 8. The van der Waals surface area contributed by atoms with E-state index in [0.29, 0.717) is 45.3 Å². The van der Waals surface area contributed by atoms with E-state index < -0.39 is 12.0 Å². The Bertz CT molecular complexity index is 1490. The molecule has 0 radical (unpaired) electrons. The third-order valence-electron chi connectivity index (χ3n) is 5.62. The van der Waals surface area contributed by atoms with Gasteiger partial charge in [0.05, 0.1) is 45.7 Å². The molecular formula is C27H27IN2O5S. The number of ether oxygens (including phenoxy) is 3. The third-order valence-corrected chi connectivity index (χ3v) is 7.41. The van der Waals surface area contributed by atoms with Crippen LogP contribution in [0.3, 0.4) is 0 Å². The van der Waals surface area contributed by atoms with Crippen molar-refractivity contribution in [2.24, 2.45) is 4.99 Å². The van der Waals surface area contributed by atoms with E-state index in [1.165, 1.54) is 18.4 Å². The Labute approximate surface area is 226 Å². The molecular weight excluding hydrogens is 591 g/mol. The maximum Gasteiger partial charge on any atom is 0.338 e. The maximum atomic E-state index is 13.7. The molecule has 0 saturated heterocycles. The normalized spacial score (nSPS) is 15.4. The number of allylic oxidation sites excluding steroid dienone is 1. The maximum absolute atomic E-state index is 13.7. The first-order chi connectivity index (χ1) is 17.4. The third kappa shape index (κ3) is 5.12. The Morgan fingerprint density at radius 2 is 1.94 bits per heavy atom. The molecule has 188 valence electrons. The summed E-state index contributed by atoms with van der Waals surface area (Å²) in [5, 5.41) is 0. The van der Waals surface area contributed by atoms with E-state index in [1.807, 2.05) is 55.5 Å². The average molecular weight is 618 g/mol. The number of carbonyl (C=O) groups excluding carboxylic acids is 1. The lowest BCUT2D eigenvalue weighted by molar-refractivity contribution is -0.136. The number of thiazole rings is 1. The van der Waals surface area contributed by atoms with Gasteiger partial charge in [0.25, 0.3) is 5.56 Å². The number of methoxy groups -OCH3 is 1. The fourth-order valence-electron chi connectivity index (χ4n) is 4.07. The summed E-state index contributed by atoms with van der Waals surface area (Å²) in [5.41, 5.74) is 2.30. The fraction of sp³-hybridized carbons (Fsp3) is 0.296. The summed E-state index contributed by atoms with van der Waals surface area (Å²) in [5.74, 6) is 0.848. The molecule has 0 bridgehead atoms. The highest BCUT2D eigenvalue weighted by atomic mass is 127. The first-order valence-corrected chi connectivity index (χ1v) is 13.5. The zero-order chi connectivity index (χ0) is 25.8. The Balaban J connectivity index is 1.89. The molecule has 1 unspecified atom stereocenters. The smallest absolute Gasteiger partial charge is 0.338 e. The quantitative estimate of drug-likeness (QED) is 0.280. The summed E-state index contributed by atoms with van der Waals surface area (Å²) >= 11 is 3.52. The van der Waals surface area contributed by atoms with Gasteiger partial charge in [-0.3, -0.25) is 9.36 Å². The summed E-state index contributed by atoms with van der Waals surface area (Å²) in [6.07, 6.45) is 2.72. The van der Waals surface area contributed by atoms with Gasteiger partial charge in [-0.1, -0.05) is 48.6 Å². The number of benzene rings is 2. The van der Waals surface area contributed by atoms with Crippen molar-refractivity contribution in [3.8, 4) is 11.5 Å². The van der Waals surface area contributed by atoms with Gasteiger partial charge < -0.3 is 14.2 Å². The zero-order valence-corrected chi connectivity index (χ0v) is 23.5. The van der Waals surface area contributed by atoms with Gasteiger partial charge in [0, 0.05) is 0 Å². The highest BCUT2D eigenvalue weighted by Gasteiger charge is 2.32. The Morgan fingerprint density at radius 3 is 2.61 bits per heavy atom. The van der Waals surface area contributed by atoms with E-state index >= 15 is 0 Å². The van der Waals surface area contributed by atoms with Gasteiger partial charge >= 0.3 is 5.97 Å². The van der Waals surface area contributed by atoms with Crippen LogP contribution in [0.5, 0.6) is 11.5 Å². The molecule has 36 heavy (non-hydrogen) atoms. The predicted octanol–water partition coefficient (Wildman–Crippen LogP) is 4.20. The molecule has 1 atom stereocenters. The van der Waals surface area contributed by atoms with Gasteiger partial charge in [-0.2, -0.15) is 0 Å². The van der Waals surface area contributed by atoms with Crippen LogP contribution in [0.25, 0.3) is 6.08 Å². The summed E-state index contributed by atoms with van der Waals surface area (Å²) < 4.78 is 19.8. The summed E-state index contributed by atoms with van der Waals surface area (Å²) in [6, 6.07) is 12.7. The van der Waals surface area contributed by atoms with Crippen LogP contribution in [0.4, 0.5) is 0 Å². The number of halogens is 1. The van der Waals surface area contributed by atoms with E-state index in [9.17, 15) is 9.59 Å². The number of hydrogen-bond donors (Lipinski definition) is 0. The first kappa shape index (κ1) is 26.2. The van der Waals surface area contributed by atoms with Crippen LogP contribution in [0.1, 0.15) is 44.4 Å². The van der Waals surface area contributed by atoms with Gasteiger partial charge in [-0.05, 0) is 72.2 Å². The molecule has 2 heterocycles. The van der Waals surface area contributed by atoms with Crippen molar-refractivity contribution in [2.45, 2.75) is 33.2 Å². The minimum Gasteiger partial charge on any atom is -0.490 e. The summed E-state index contributed by atoms with van der Waals surface area (Å²) in [6.45, 7) is 6.83. The van der Waals surface area contributed by atoms with Crippen molar-refractivity contribution >= 4 is 46.0 Å². The monoisotopic (exact) mass is 618 g/mol. The lowest BCUT2D eigenvalue weighted by Crippen LogP contribution is -2.39. The largest absolute Gasteiger partial charge is 0.490 e. The molecule has 3 aromatic rings. The molecule has 1 aliphatic heterocycles. The zero-order valence-electron chi connectivity index (χ0n) is 20.5.